The van der Waals surface area contributed by atoms with Gasteiger partial charge in [0.1, 0.15) is 0 Å². The van der Waals surface area contributed by atoms with E-state index in [1.165, 1.54) is 29.8 Å². The van der Waals surface area contributed by atoms with E-state index in [0.29, 0.717) is 0 Å². The number of rotatable bonds is 2. The molecule has 2 nitrogen and oxygen atoms in total. The average molecular weight is 219 g/mol. The van der Waals surface area contributed by atoms with Crippen molar-refractivity contribution in [3.8, 4) is 0 Å². The third-order valence-corrected chi connectivity index (χ3v) is 4.36. The molecule has 1 heterocycles. The monoisotopic (exact) mass is 219 g/mol. The number of aryl methyl sites for hydroxylation is 1. The molecule has 3 rings (SSSR count). The standard InChI is InChI=1S/C14H21NO/c1-3-10-8-13(10)15-9(2)7-11-12(15)5-4-6-14(11)16/h7,10,13-14,16H,3-6,8H2,1-2H3. The summed E-state index contributed by atoms with van der Waals surface area (Å²) in [5.74, 6) is 0.884. The van der Waals surface area contributed by atoms with Crippen molar-refractivity contribution >= 4 is 0 Å². The molecule has 0 saturated heterocycles. The van der Waals surface area contributed by atoms with Crippen LogP contribution in [-0.2, 0) is 6.42 Å². The lowest BCUT2D eigenvalue weighted by Crippen LogP contribution is -2.12. The van der Waals surface area contributed by atoms with Gasteiger partial charge in [0.25, 0.3) is 0 Å². The van der Waals surface area contributed by atoms with Crippen LogP contribution in [0.3, 0.4) is 0 Å². The third-order valence-electron chi connectivity index (χ3n) is 4.36. The zero-order valence-corrected chi connectivity index (χ0v) is 10.2. The summed E-state index contributed by atoms with van der Waals surface area (Å²) in [6.45, 7) is 4.47. The topological polar surface area (TPSA) is 25.2 Å². The van der Waals surface area contributed by atoms with Crippen LogP contribution in [0.2, 0.25) is 0 Å². The van der Waals surface area contributed by atoms with Crippen LogP contribution in [0.4, 0.5) is 0 Å². The zero-order valence-electron chi connectivity index (χ0n) is 10.2. The van der Waals surface area contributed by atoms with Crippen molar-refractivity contribution in [3.63, 3.8) is 0 Å². The van der Waals surface area contributed by atoms with E-state index < -0.39 is 0 Å². The molecule has 1 N–H and O–H groups in total. The summed E-state index contributed by atoms with van der Waals surface area (Å²) in [4.78, 5) is 0. The van der Waals surface area contributed by atoms with Gasteiger partial charge in [-0.25, -0.2) is 0 Å². The fourth-order valence-electron chi connectivity index (χ4n) is 3.35. The lowest BCUT2D eigenvalue weighted by atomic mass is 9.95. The number of nitrogens with zero attached hydrogens (tertiary/aromatic N) is 1. The summed E-state index contributed by atoms with van der Waals surface area (Å²) in [6.07, 6.45) is 5.67. The molecule has 0 aromatic carbocycles. The normalized spacial score (nSPS) is 32.6. The Morgan fingerprint density at radius 2 is 2.31 bits per heavy atom. The van der Waals surface area contributed by atoms with E-state index in [2.05, 4.69) is 24.5 Å². The van der Waals surface area contributed by atoms with E-state index in [1.54, 1.807) is 0 Å². The molecule has 0 spiro atoms. The van der Waals surface area contributed by atoms with Crippen molar-refractivity contribution < 1.29 is 5.11 Å². The van der Waals surface area contributed by atoms with Crippen LogP contribution in [0.25, 0.3) is 0 Å². The smallest absolute Gasteiger partial charge is 0.0807 e. The van der Waals surface area contributed by atoms with Gasteiger partial charge in [-0.3, -0.25) is 0 Å². The molecule has 2 aliphatic rings. The highest BCUT2D eigenvalue weighted by Gasteiger charge is 2.39. The number of aliphatic hydroxyl groups is 1. The van der Waals surface area contributed by atoms with Crippen molar-refractivity contribution in [2.24, 2.45) is 5.92 Å². The Labute approximate surface area is 97.3 Å². The summed E-state index contributed by atoms with van der Waals surface area (Å²) >= 11 is 0. The van der Waals surface area contributed by atoms with Crippen molar-refractivity contribution in [2.75, 3.05) is 0 Å². The molecule has 0 amide bonds. The lowest BCUT2D eigenvalue weighted by molar-refractivity contribution is 0.155. The maximum atomic E-state index is 10.0. The molecule has 0 aliphatic heterocycles. The highest BCUT2D eigenvalue weighted by Crippen LogP contribution is 2.49. The first-order valence-electron chi connectivity index (χ1n) is 6.61. The van der Waals surface area contributed by atoms with Gasteiger partial charge in [-0.2, -0.15) is 0 Å². The SMILES string of the molecule is CCC1CC1n1c(C)cc2c1CCCC2O. The van der Waals surface area contributed by atoms with E-state index in [1.807, 2.05) is 0 Å². The average Bonchev–Trinajstić information content (AvgIpc) is 2.95. The maximum Gasteiger partial charge on any atom is 0.0807 e. The van der Waals surface area contributed by atoms with E-state index in [9.17, 15) is 5.11 Å². The summed E-state index contributed by atoms with van der Waals surface area (Å²) in [5, 5.41) is 10.0. The van der Waals surface area contributed by atoms with Gasteiger partial charge in [0, 0.05) is 23.0 Å². The van der Waals surface area contributed by atoms with Crippen LogP contribution >= 0.6 is 0 Å². The fraction of sp³-hybridized carbons (Fsp3) is 0.714. The molecule has 1 saturated carbocycles. The quantitative estimate of drug-likeness (QED) is 0.812. The second kappa shape index (κ2) is 3.63. The van der Waals surface area contributed by atoms with Crippen LogP contribution in [0.15, 0.2) is 6.07 Å². The van der Waals surface area contributed by atoms with E-state index in [4.69, 9.17) is 0 Å². The minimum absolute atomic E-state index is 0.206. The maximum absolute atomic E-state index is 10.0. The summed E-state index contributed by atoms with van der Waals surface area (Å²) in [7, 11) is 0. The predicted octanol–water partition coefficient (Wildman–Crippen LogP) is 3.14. The number of fused-ring (bicyclic) bond motifs is 1. The molecule has 3 atom stereocenters. The first-order chi connectivity index (χ1) is 7.72. The van der Waals surface area contributed by atoms with Crippen molar-refractivity contribution in [1.29, 1.82) is 0 Å². The molecule has 2 heteroatoms. The Kier molecular flexibility index (Phi) is 2.36. The largest absolute Gasteiger partial charge is 0.388 e. The molecule has 0 bridgehead atoms. The van der Waals surface area contributed by atoms with Crippen LogP contribution in [0.1, 0.15) is 61.7 Å². The van der Waals surface area contributed by atoms with Gasteiger partial charge < -0.3 is 9.67 Å². The molecule has 1 aromatic heterocycles. The molecule has 16 heavy (non-hydrogen) atoms. The Morgan fingerprint density at radius 1 is 1.50 bits per heavy atom. The molecular weight excluding hydrogens is 198 g/mol. The van der Waals surface area contributed by atoms with Gasteiger partial charge in [0.15, 0.2) is 0 Å². The molecule has 1 aromatic rings. The van der Waals surface area contributed by atoms with Crippen molar-refractivity contribution in [3.05, 3.63) is 23.0 Å². The summed E-state index contributed by atoms with van der Waals surface area (Å²) < 4.78 is 2.52. The minimum atomic E-state index is -0.206. The minimum Gasteiger partial charge on any atom is -0.388 e. The Hall–Kier alpha value is -0.760. The number of aromatic nitrogens is 1. The van der Waals surface area contributed by atoms with Gasteiger partial charge >= 0.3 is 0 Å². The molecule has 88 valence electrons. The zero-order chi connectivity index (χ0) is 11.3. The van der Waals surface area contributed by atoms with Gasteiger partial charge in [0.05, 0.1) is 6.10 Å². The third kappa shape index (κ3) is 1.43. The molecule has 0 radical (unpaired) electrons. The Morgan fingerprint density at radius 3 is 3.00 bits per heavy atom. The molecule has 2 aliphatic carbocycles. The summed E-state index contributed by atoms with van der Waals surface area (Å²) in [5.41, 5.74) is 4.00. The van der Waals surface area contributed by atoms with Crippen LogP contribution < -0.4 is 0 Å². The Balaban J connectivity index is 1.99. The first kappa shape index (κ1) is 10.4. The Bertz CT molecular complexity index is 407. The lowest BCUT2D eigenvalue weighted by Gasteiger charge is -2.20. The second-order valence-corrected chi connectivity index (χ2v) is 5.44. The van der Waals surface area contributed by atoms with Gasteiger partial charge in [-0.1, -0.05) is 13.3 Å². The van der Waals surface area contributed by atoms with Gasteiger partial charge in [-0.05, 0) is 44.6 Å². The molecule has 1 fully saturated rings. The van der Waals surface area contributed by atoms with Gasteiger partial charge in [0.2, 0.25) is 0 Å². The highest BCUT2D eigenvalue weighted by atomic mass is 16.3. The van der Waals surface area contributed by atoms with E-state index in [-0.39, 0.29) is 6.10 Å². The van der Waals surface area contributed by atoms with Gasteiger partial charge in [-0.15, -0.1) is 0 Å². The number of aliphatic hydroxyl groups excluding tert-OH is 1. The predicted molar refractivity (Wildman–Crippen MR) is 64.5 cm³/mol. The van der Waals surface area contributed by atoms with Crippen molar-refractivity contribution in [1.82, 2.24) is 4.57 Å². The highest BCUT2D eigenvalue weighted by molar-refractivity contribution is 5.33. The second-order valence-electron chi connectivity index (χ2n) is 5.44. The van der Waals surface area contributed by atoms with Crippen molar-refractivity contribution in [2.45, 2.75) is 58.1 Å². The summed E-state index contributed by atoms with van der Waals surface area (Å²) in [6, 6.07) is 2.95. The molecule has 3 unspecified atom stereocenters. The van der Waals surface area contributed by atoms with E-state index in [0.717, 1.165) is 31.2 Å². The van der Waals surface area contributed by atoms with Crippen LogP contribution in [0, 0.1) is 12.8 Å². The molecular formula is C14H21NO. The number of hydrogen-bond acceptors (Lipinski definition) is 1. The number of hydrogen-bond donors (Lipinski definition) is 1. The van der Waals surface area contributed by atoms with E-state index >= 15 is 0 Å². The first-order valence-corrected chi connectivity index (χ1v) is 6.61. The van der Waals surface area contributed by atoms with Crippen LogP contribution in [-0.4, -0.2) is 9.67 Å². The van der Waals surface area contributed by atoms with Crippen LogP contribution in [0.5, 0.6) is 0 Å². The fourth-order valence-corrected chi connectivity index (χ4v) is 3.35.